The van der Waals surface area contributed by atoms with Gasteiger partial charge < -0.3 is 9.72 Å². The van der Waals surface area contributed by atoms with Gasteiger partial charge >= 0.3 is 0 Å². The van der Waals surface area contributed by atoms with Crippen molar-refractivity contribution in [1.82, 2.24) is 14.7 Å². The topological polar surface area (TPSA) is 29.3 Å². The van der Waals surface area contributed by atoms with Crippen molar-refractivity contribution in [3.05, 3.63) is 35.5 Å². The van der Waals surface area contributed by atoms with E-state index in [4.69, 9.17) is 0 Å². The van der Waals surface area contributed by atoms with Crippen LogP contribution in [0, 0.1) is 12.7 Å². The van der Waals surface area contributed by atoms with Crippen LogP contribution in [-0.4, -0.2) is 15.9 Å². The van der Waals surface area contributed by atoms with E-state index in [1.54, 1.807) is 6.20 Å². The summed E-state index contributed by atoms with van der Waals surface area (Å²) in [5, 5.41) is 3.42. The molecule has 0 radical (unpaired) electrons. The van der Waals surface area contributed by atoms with E-state index in [9.17, 15) is 4.39 Å². The average Bonchev–Trinajstić information content (AvgIpc) is 2.86. The molecular weight excluding hydrogens is 205 g/mol. The van der Waals surface area contributed by atoms with Crippen LogP contribution < -0.4 is 5.32 Å². The number of aromatic nitrogens is 2. The first-order valence-corrected chi connectivity index (χ1v) is 5.63. The number of hydrogen-bond donors (Lipinski definition) is 1. The fourth-order valence-corrected chi connectivity index (χ4v) is 2.41. The van der Waals surface area contributed by atoms with Crippen molar-refractivity contribution in [3.63, 3.8) is 0 Å². The molecule has 0 amide bonds. The fourth-order valence-electron chi connectivity index (χ4n) is 2.41. The maximum atomic E-state index is 13.1. The second-order valence-corrected chi connectivity index (χ2v) is 4.30. The van der Waals surface area contributed by atoms with Gasteiger partial charge in [0.05, 0.1) is 11.7 Å². The van der Waals surface area contributed by atoms with Gasteiger partial charge in [-0.1, -0.05) is 0 Å². The molecule has 0 spiro atoms. The molecule has 16 heavy (non-hydrogen) atoms. The summed E-state index contributed by atoms with van der Waals surface area (Å²) < 4.78 is 15.0. The molecular formula is C12H14FN3. The lowest BCUT2D eigenvalue weighted by Crippen LogP contribution is -2.14. The first-order chi connectivity index (χ1) is 7.75. The molecule has 0 bridgehead atoms. The molecule has 1 aliphatic heterocycles. The highest BCUT2D eigenvalue weighted by Gasteiger charge is 2.21. The summed E-state index contributed by atoms with van der Waals surface area (Å²) in [7, 11) is 0. The van der Waals surface area contributed by atoms with Gasteiger partial charge in [0.25, 0.3) is 0 Å². The molecule has 0 aliphatic carbocycles. The SMILES string of the molecule is Cc1c(C2CCCN2)nc2cc(F)ccn12. The highest BCUT2D eigenvalue weighted by atomic mass is 19.1. The average molecular weight is 219 g/mol. The molecule has 4 heteroatoms. The van der Waals surface area contributed by atoms with Crippen molar-refractivity contribution < 1.29 is 4.39 Å². The third-order valence-electron chi connectivity index (χ3n) is 3.25. The summed E-state index contributed by atoms with van der Waals surface area (Å²) >= 11 is 0. The van der Waals surface area contributed by atoms with E-state index in [2.05, 4.69) is 10.3 Å². The monoisotopic (exact) mass is 219 g/mol. The van der Waals surface area contributed by atoms with Crippen molar-refractivity contribution in [3.8, 4) is 0 Å². The maximum absolute atomic E-state index is 13.1. The molecule has 1 fully saturated rings. The van der Waals surface area contributed by atoms with Crippen LogP contribution in [0.1, 0.15) is 30.3 Å². The van der Waals surface area contributed by atoms with E-state index >= 15 is 0 Å². The lowest BCUT2D eigenvalue weighted by Gasteiger charge is -2.07. The number of pyridine rings is 1. The third-order valence-corrected chi connectivity index (χ3v) is 3.25. The number of rotatable bonds is 1. The quantitative estimate of drug-likeness (QED) is 0.796. The van der Waals surface area contributed by atoms with Gasteiger partial charge in [0.15, 0.2) is 0 Å². The van der Waals surface area contributed by atoms with Crippen LogP contribution in [0.4, 0.5) is 4.39 Å². The summed E-state index contributed by atoms with van der Waals surface area (Å²) in [6, 6.07) is 3.28. The Hall–Kier alpha value is -1.42. The Morgan fingerprint density at radius 1 is 1.56 bits per heavy atom. The van der Waals surface area contributed by atoms with Crippen LogP contribution in [0.15, 0.2) is 18.3 Å². The van der Waals surface area contributed by atoms with E-state index in [-0.39, 0.29) is 5.82 Å². The zero-order valence-corrected chi connectivity index (χ0v) is 9.20. The van der Waals surface area contributed by atoms with Crippen LogP contribution in [0.2, 0.25) is 0 Å². The van der Waals surface area contributed by atoms with Gasteiger partial charge in [-0.2, -0.15) is 0 Å². The van der Waals surface area contributed by atoms with E-state index in [0.29, 0.717) is 11.7 Å². The molecule has 84 valence electrons. The van der Waals surface area contributed by atoms with Crippen molar-refractivity contribution in [2.45, 2.75) is 25.8 Å². The minimum atomic E-state index is -0.233. The van der Waals surface area contributed by atoms with Gasteiger partial charge in [0, 0.05) is 18.0 Å². The first kappa shape index (κ1) is 9.78. The zero-order valence-electron chi connectivity index (χ0n) is 9.20. The number of imidazole rings is 1. The summed E-state index contributed by atoms with van der Waals surface area (Å²) in [6.45, 7) is 3.08. The highest BCUT2D eigenvalue weighted by Crippen LogP contribution is 2.25. The lowest BCUT2D eigenvalue weighted by atomic mass is 10.1. The molecule has 1 atom stereocenters. The number of halogens is 1. The summed E-state index contributed by atoms with van der Waals surface area (Å²) in [5.74, 6) is -0.233. The fraction of sp³-hybridized carbons (Fsp3) is 0.417. The predicted octanol–water partition coefficient (Wildman–Crippen LogP) is 2.21. The zero-order chi connectivity index (χ0) is 11.1. The lowest BCUT2D eigenvalue weighted by molar-refractivity contribution is 0.626. The summed E-state index contributed by atoms with van der Waals surface area (Å²) in [5.41, 5.74) is 2.86. The Morgan fingerprint density at radius 2 is 2.44 bits per heavy atom. The largest absolute Gasteiger partial charge is 0.309 e. The molecule has 3 nitrogen and oxygen atoms in total. The van der Waals surface area contributed by atoms with Crippen LogP contribution in [-0.2, 0) is 0 Å². The number of nitrogens with zero attached hydrogens (tertiary/aromatic N) is 2. The van der Waals surface area contributed by atoms with Crippen molar-refractivity contribution >= 4 is 5.65 Å². The molecule has 1 N–H and O–H groups in total. The molecule has 0 aromatic carbocycles. The summed E-state index contributed by atoms with van der Waals surface area (Å²) in [6.07, 6.45) is 4.05. The highest BCUT2D eigenvalue weighted by molar-refractivity contribution is 5.44. The van der Waals surface area contributed by atoms with Crippen molar-refractivity contribution in [1.29, 1.82) is 0 Å². The normalized spacial score (nSPS) is 20.8. The molecule has 1 unspecified atom stereocenters. The third kappa shape index (κ3) is 1.41. The van der Waals surface area contributed by atoms with Gasteiger partial charge in [0.2, 0.25) is 0 Å². The smallest absolute Gasteiger partial charge is 0.140 e. The standard InChI is InChI=1S/C12H14FN3/c1-8-12(10-3-2-5-14-10)15-11-7-9(13)4-6-16(8)11/h4,6-7,10,14H,2-3,5H2,1H3. The molecule has 0 saturated carbocycles. The van der Waals surface area contributed by atoms with Gasteiger partial charge in [-0.3, -0.25) is 0 Å². The minimum Gasteiger partial charge on any atom is -0.309 e. The number of hydrogen-bond acceptors (Lipinski definition) is 2. The van der Waals surface area contributed by atoms with Gasteiger partial charge in [0.1, 0.15) is 11.5 Å². The van der Waals surface area contributed by atoms with E-state index in [1.165, 1.54) is 18.6 Å². The first-order valence-electron chi connectivity index (χ1n) is 5.63. The Bertz CT molecular complexity index is 526. The second-order valence-electron chi connectivity index (χ2n) is 4.30. The van der Waals surface area contributed by atoms with E-state index in [1.807, 2.05) is 11.3 Å². The number of aryl methyl sites for hydroxylation is 1. The van der Waals surface area contributed by atoms with Crippen molar-refractivity contribution in [2.24, 2.45) is 0 Å². The van der Waals surface area contributed by atoms with Crippen molar-refractivity contribution in [2.75, 3.05) is 6.54 Å². The van der Waals surface area contributed by atoms with Gasteiger partial charge in [-0.15, -0.1) is 0 Å². The summed E-state index contributed by atoms with van der Waals surface area (Å²) in [4.78, 5) is 4.52. The predicted molar refractivity (Wildman–Crippen MR) is 59.9 cm³/mol. The maximum Gasteiger partial charge on any atom is 0.140 e. The Morgan fingerprint density at radius 3 is 3.19 bits per heavy atom. The Kier molecular flexibility index (Phi) is 2.17. The Balaban J connectivity index is 2.14. The molecule has 2 aromatic rings. The minimum absolute atomic E-state index is 0.233. The second kappa shape index (κ2) is 3.56. The van der Waals surface area contributed by atoms with Crippen LogP contribution >= 0.6 is 0 Å². The van der Waals surface area contributed by atoms with Crippen LogP contribution in [0.5, 0.6) is 0 Å². The molecule has 3 rings (SSSR count). The van der Waals surface area contributed by atoms with Gasteiger partial charge in [-0.25, -0.2) is 9.37 Å². The van der Waals surface area contributed by atoms with Crippen LogP contribution in [0.3, 0.4) is 0 Å². The number of fused-ring (bicyclic) bond motifs is 1. The van der Waals surface area contributed by atoms with Gasteiger partial charge in [-0.05, 0) is 32.4 Å². The number of nitrogens with one attached hydrogen (secondary N) is 1. The molecule has 1 aliphatic rings. The molecule has 1 saturated heterocycles. The van der Waals surface area contributed by atoms with E-state index < -0.39 is 0 Å². The van der Waals surface area contributed by atoms with E-state index in [0.717, 1.165) is 24.4 Å². The molecule has 2 aromatic heterocycles. The Labute approximate surface area is 93.3 Å². The molecule has 3 heterocycles. The van der Waals surface area contributed by atoms with Crippen LogP contribution in [0.25, 0.3) is 5.65 Å².